The molecule has 138 valence electrons. The number of anilines is 1. The number of nitrogens with one attached hydrogen (secondary N) is 2. The number of benzene rings is 2. The van der Waals surface area contributed by atoms with Crippen molar-refractivity contribution in [3.05, 3.63) is 83.7 Å². The van der Waals surface area contributed by atoms with Crippen molar-refractivity contribution in [2.45, 2.75) is 13.0 Å². The lowest BCUT2D eigenvalue weighted by Gasteiger charge is -2.09. The maximum absolute atomic E-state index is 12.2. The summed E-state index contributed by atoms with van der Waals surface area (Å²) in [6, 6.07) is 17.6. The van der Waals surface area contributed by atoms with Crippen LogP contribution in [0.3, 0.4) is 0 Å². The monoisotopic (exact) mass is 362 g/mol. The largest absolute Gasteiger partial charge is 0.496 e. The third-order valence-electron chi connectivity index (χ3n) is 4.08. The molecule has 1 aromatic heterocycles. The minimum atomic E-state index is -0.195. The number of rotatable bonds is 8. The predicted molar refractivity (Wildman–Crippen MR) is 105 cm³/mol. The molecule has 0 aliphatic heterocycles. The number of amides is 1. The van der Waals surface area contributed by atoms with E-state index in [1.54, 1.807) is 7.11 Å². The van der Waals surface area contributed by atoms with Crippen molar-refractivity contribution in [3.8, 4) is 5.75 Å². The van der Waals surface area contributed by atoms with Crippen molar-refractivity contribution in [1.29, 1.82) is 0 Å². The summed E-state index contributed by atoms with van der Waals surface area (Å²) in [5.74, 6) is 1.16. The van der Waals surface area contributed by atoms with E-state index in [1.165, 1.54) is 12.4 Å². The van der Waals surface area contributed by atoms with Crippen molar-refractivity contribution < 1.29 is 9.53 Å². The first-order valence-corrected chi connectivity index (χ1v) is 8.76. The average molecular weight is 362 g/mol. The smallest absolute Gasteiger partial charge is 0.254 e. The molecule has 0 saturated carbocycles. The van der Waals surface area contributed by atoms with Crippen LogP contribution in [0, 0.1) is 0 Å². The summed E-state index contributed by atoms with van der Waals surface area (Å²) in [6.45, 7) is 1.14. The van der Waals surface area contributed by atoms with E-state index in [1.807, 2.05) is 54.6 Å². The fourth-order valence-corrected chi connectivity index (χ4v) is 2.64. The van der Waals surface area contributed by atoms with Gasteiger partial charge in [-0.05, 0) is 23.6 Å². The van der Waals surface area contributed by atoms with Gasteiger partial charge in [0.25, 0.3) is 5.91 Å². The van der Waals surface area contributed by atoms with Gasteiger partial charge in [0.1, 0.15) is 5.75 Å². The molecule has 27 heavy (non-hydrogen) atoms. The maximum Gasteiger partial charge on any atom is 0.254 e. The molecule has 0 atom stereocenters. The van der Waals surface area contributed by atoms with Crippen LogP contribution in [0.4, 0.5) is 5.95 Å². The molecule has 0 spiro atoms. The van der Waals surface area contributed by atoms with Gasteiger partial charge in [-0.3, -0.25) is 4.79 Å². The van der Waals surface area contributed by atoms with Crippen molar-refractivity contribution in [3.63, 3.8) is 0 Å². The van der Waals surface area contributed by atoms with Crippen LogP contribution in [-0.2, 0) is 13.0 Å². The first-order valence-electron chi connectivity index (χ1n) is 8.76. The minimum absolute atomic E-state index is 0.195. The molecule has 2 aromatic carbocycles. The van der Waals surface area contributed by atoms with E-state index in [4.69, 9.17) is 4.74 Å². The fourth-order valence-electron chi connectivity index (χ4n) is 2.64. The summed E-state index contributed by atoms with van der Waals surface area (Å²) < 4.78 is 5.34. The number of para-hydroxylation sites is 1. The number of aromatic nitrogens is 2. The van der Waals surface area contributed by atoms with Gasteiger partial charge in [-0.15, -0.1) is 0 Å². The van der Waals surface area contributed by atoms with Crippen LogP contribution >= 0.6 is 0 Å². The quantitative estimate of drug-likeness (QED) is 0.644. The molecule has 0 bridgehead atoms. The molecule has 0 aliphatic carbocycles. The Balaban J connectivity index is 1.49. The molecule has 0 aliphatic rings. The molecule has 0 fully saturated rings. The molecular weight excluding hydrogens is 340 g/mol. The third kappa shape index (κ3) is 5.28. The predicted octanol–water partition coefficient (Wildman–Crippen LogP) is 3.07. The minimum Gasteiger partial charge on any atom is -0.496 e. The van der Waals surface area contributed by atoms with E-state index in [0.717, 1.165) is 23.3 Å². The van der Waals surface area contributed by atoms with Gasteiger partial charge in [0.15, 0.2) is 0 Å². The molecule has 3 rings (SSSR count). The van der Waals surface area contributed by atoms with Gasteiger partial charge in [0.2, 0.25) is 5.95 Å². The normalized spacial score (nSPS) is 10.3. The van der Waals surface area contributed by atoms with Crippen LogP contribution in [-0.4, -0.2) is 29.5 Å². The number of ether oxygens (including phenoxy) is 1. The third-order valence-corrected chi connectivity index (χ3v) is 4.08. The van der Waals surface area contributed by atoms with E-state index in [-0.39, 0.29) is 5.91 Å². The van der Waals surface area contributed by atoms with E-state index < -0.39 is 0 Å². The van der Waals surface area contributed by atoms with Crippen LogP contribution in [0.1, 0.15) is 21.5 Å². The zero-order valence-electron chi connectivity index (χ0n) is 15.2. The zero-order valence-corrected chi connectivity index (χ0v) is 15.2. The standard InChI is InChI=1S/C21H22N4O2/c1-27-19-10-6-5-9-17(19)11-12-22-21-24-14-18(15-25-21)20(26)23-13-16-7-3-2-4-8-16/h2-10,14-15H,11-13H2,1H3,(H,23,26)(H,22,24,25). The van der Waals surface area contributed by atoms with Crippen LogP contribution in [0.15, 0.2) is 67.0 Å². The Kier molecular flexibility index (Phi) is 6.35. The second-order valence-corrected chi connectivity index (χ2v) is 5.95. The molecule has 2 N–H and O–H groups in total. The van der Waals surface area contributed by atoms with E-state index in [2.05, 4.69) is 20.6 Å². The highest BCUT2D eigenvalue weighted by atomic mass is 16.5. The lowest BCUT2D eigenvalue weighted by atomic mass is 10.1. The molecule has 1 amide bonds. The Morgan fingerprint density at radius 2 is 1.70 bits per heavy atom. The number of carbonyl (C=O) groups excluding carboxylic acids is 1. The lowest BCUT2D eigenvalue weighted by molar-refractivity contribution is 0.0950. The average Bonchev–Trinajstić information content (AvgIpc) is 2.73. The van der Waals surface area contributed by atoms with Gasteiger partial charge < -0.3 is 15.4 Å². The lowest BCUT2D eigenvalue weighted by Crippen LogP contribution is -2.23. The Hall–Kier alpha value is -3.41. The van der Waals surface area contributed by atoms with Gasteiger partial charge in [0.05, 0.1) is 12.7 Å². The van der Waals surface area contributed by atoms with E-state index >= 15 is 0 Å². The van der Waals surface area contributed by atoms with E-state index in [0.29, 0.717) is 24.6 Å². The summed E-state index contributed by atoms with van der Waals surface area (Å²) in [7, 11) is 1.66. The van der Waals surface area contributed by atoms with E-state index in [9.17, 15) is 4.79 Å². The highest BCUT2D eigenvalue weighted by Crippen LogP contribution is 2.17. The topological polar surface area (TPSA) is 76.1 Å². The zero-order chi connectivity index (χ0) is 18.9. The number of nitrogens with zero attached hydrogens (tertiary/aromatic N) is 2. The second kappa shape index (κ2) is 9.33. The van der Waals surface area contributed by atoms with Crippen LogP contribution < -0.4 is 15.4 Å². The van der Waals surface area contributed by atoms with Gasteiger partial charge in [-0.1, -0.05) is 48.5 Å². The number of hydrogen-bond donors (Lipinski definition) is 2. The Labute approximate surface area is 158 Å². The SMILES string of the molecule is COc1ccccc1CCNc1ncc(C(=O)NCc2ccccc2)cn1. The molecule has 0 radical (unpaired) electrons. The summed E-state index contributed by atoms with van der Waals surface area (Å²) in [5.41, 5.74) is 2.59. The van der Waals surface area contributed by atoms with Gasteiger partial charge >= 0.3 is 0 Å². The fraction of sp³-hybridized carbons (Fsp3) is 0.190. The molecular formula is C21H22N4O2. The summed E-state index contributed by atoms with van der Waals surface area (Å²) in [5, 5.41) is 6.02. The molecule has 6 nitrogen and oxygen atoms in total. The molecule has 3 aromatic rings. The first kappa shape index (κ1) is 18.4. The van der Waals surface area contributed by atoms with Gasteiger partial charge in [-0.25, -0.2) is 9.97 Å². The second-order valence-electron chi connectivity index (χ2n) is 5.95. The molecule has 1 heterocycles. The summed E-state index contributed by atoms with van der Waals surface area (Å²) in [4.78, 5) is 20.6. The van der Waals surface area contributed by atoms with Crippen LogP contribution in [0.25, 0.3) is 0 Å². The number of carbonyl (C=O) groups is 1. The van der Waals surface area contributed by atoms with Crippen LogP contribution in [0.5, 0.6) is 5.75 Å². The summed E-state index contributed by atoms with van der Waals surface area (Å²) in [6.07, 6.45) is 3.84. The summed E-state index contributed by atoms with van der Waals surface area (Å²) >= 11 is 0. The van der Waals surface area contributed by atoms with Gasteiger partial charge in [-0.2, -0.15) is 0 Å². The van der Waals surface area contributed by atoms with Crippen molar-refractivity contribution in [2.24, 2.45) is 0 Å². The van der Waals surface area contributed by atoms with Gasteiger partial charge in [0, 0.05) is 25.5 Å². The maximum atomic E-state index is 12.2. The molecule has 0 saturated heterocycles. The number of methoxy groups -OCH3 is 1. The van der Waals surface area contributed by atoms with Crippen molar-refractivity contribution in [1.82, 2.24) is 15.3 Å². The Morgan fingerprint density at radius 3 is 2.44 bits per heavy atom. The molecule has 0 unspecified atom stereocenters. The Morgan fingerprint density at radius 1 is 1.00 bits per heavy atom. The van der Waals surface area contributed by atoms with Crippen molar-refractivity contribution in [2.75, 3.05) is 19.0 Å². The first-order chi connectivity index (χ1) is 13.3. The molecule has 6 heteroatoms. The highest BCUT2D eigenvalue weighted by Gasteiger charge is 2.07. The Bertz CT molecular complexity index is 867. The number of hydrogen-bond acceptors (Lipinski definition) is 5. The van der Waals surface area contributed by atoms with Crippen LogP contribution in [0.2, 0.25) is 0 Å². The highest BCUT2D eigenvalue weighted by molar-refractivity contribution is 5.93. The van der Waals surface area contributed by atoms with Crippen molar-refractivity contribution >= 4 is 11.9 Å².